The smallest absolute Gasteiger partial charge is 0.261 e. The van der Waals surface area contributed by atoms with Gasteiger partial charge in [-0.15, -0.1) is 0 Å². The fraction of sp³-hybridized carbons (Fsp3) is 0.545. The fourth-order valence-corrected chi connectivity index (χ4v) is 1.34. The lowest BCUT2D eigenvalue weighted by Crippen LogP contribution is -2.00. The van der Waals surface area contributed by atoms with Crippen molar-refractivity contribution in [3.63, 3.8) is 0 Å². The molecule has 0 fully saturated rings. The molecule has 1 nitrogen and oxygen atoms in total. The van der Waals surface area contributed by atoms with E-state index in [1.165, 1.54) is 6.20 Å². The summed E-state index contributed by atoms with van der Waals surface area (Å²) in [5.74, 6) is 0.284. The highest BCUT2D eigenvalue weighted by molar-refractivity contribution is 5.28. The summed E-state index contributed by atoms with van der Waals surface area (Å²) >= 11 is 0. The molecule has 0 saturated heterocycles. The average molecular weight is 199 g/mol. The molecule has 0 aliphatic rings. The first kappa shape index (κ1) is 11.1. The molecule has 1 rings (SSSR count). The van der Waals surface area contributed by atoms with E-state index in [0.717, 1.165) is 5.69 Å². The Balaban J connectivity index is 3.11. The molecule has 0 saturated carbocycles. The third-order valence-electron chi connectivity index (χ3n) is 2.25. The number of aryl methyl sites for hydroxylation is 1. The summed E-state index contributed by atoms with van der Waals surface area (Å²) in [7, 11) is 0. The molecule has 0 aliphatic heterocycles. The van der Waals surface area contributed by atoms with E-state index in [9.17, 15) is 8.78 Å². The minimum atomic E-state index is -2.42. The number of nitrogens with zero attached hydrogens (tertiary/aromatic N) is 1. The van der Waals surface area contributed by atoms with Gasteiger partial charge >= 0.3 is 0 Å². The summed E-state index contributed by atoms with van der Waals surface area (Å²) in [6, 6.07) is 1.78. The van der Waals surface area contributed by atoms with Crippen molar-refractivity contribution in [1.82, 2.24) is 4.98 Å². The summed E-state index contributed by atoms with van der Waals surface area (Å²) in [6.45, 7) is 5.89. The highest BCUT2D eigenvalue weighted by Crippen LogP contribution is 2.24. The first-order valence-corrected chi connectivity index (χ1v) is 4.83. The topological polar surface area (TPSA) is 12.9 Å². The predicted molar refractivity (Wildman–Crippen MR) is 52.7 cm³/mol. The zero-order chi connectivity index (χ0) is 10.7. The number of pyridine rings is 1. The zero-order valence-corrected chi connectivity index (χ0v) is 8.72. The first-order valence-electron chi connectivity index (χ1n) is 4.83. The zero-order valence-electron chi connectivity index (χ0n) is 8.72. The molecule has 0 aliphatic carbocycles. The molecule has 14 heavy (non-hydrogen) atoms. The van der Waals surface area contributed by atoms with Crippen molar-refractivity contribution in [3.05, 3.63) is 29.1 Å². The van der Waals surface area contributed by atoms with E-state index < -0.39 is 6.43 Å². The van der Waals surface area contributed by atoms with Crippen molar-refractivity contribution < 1.29 is 8.78 Å². The summed E-state index contributed by atoms with van der Waals surface area (Å²) < 4.78 is 25.0. The number of alkyl halides is 2. The van der Waals surface area contributed by atoms with E-state index in [0.29, 0.717) is 12.0 Å². The Kier molecular flexibility index (Phi) is 3.55. The van der Waals surface area contributed by atoms with Gasteiger partial charge < -0.3 is 0 Å². The van der Waals surface area contributed by atoms with Gasteiger partial charge in [-0.1, -0.05) is 20.8 Å². The molecule has 0 unspecified atom stereocenters. The number of aromatic nitrogens is 1. The Bertz CT molecular complexity index is 308. The molecule has 1 aromatic rings. The first-order chi connectivity index (χ1) is 6.56. The Morgan fingerprint density at radius 2 is 2.00 bits per heavy atom. The van der Waals surface area contributed by atoms with Crippen LogP contribution in [-0.2, 0) is 6.42 Å². The molecule has 0 bridgehead atoms. The Morgan fingerprint density at radius 3 is 2.43 bits per heavy atom. The maximum Gasteiger partial charge on any atom is 0.265 e. The van der Waals surface area contributed by atoms with Crippen LogP contribution >= 0.6 is 0 Å². The average Bonchev–Trinajstić information content (AvgIpc) is 2.16. The standard InChI is InChI=1S/C11H15F2N/c1-4-8-5-10(7(2)3)14-6-9(8)11(12)13/h5-7,11H,4H2,1-3H3. The van der Waals surface area contributed by atoms with E-state index in [1.807, 2.05) is 20.8 Å². The molecule has 0 atom stereocenters. The van der Waals surface area contributed by atoms with E-state index >= 15 is 0 Å². The van der Waals surface area contributed by atoms with Crippen LogP contribution in [0, 0.1) is 0 Å². The minimum Gasteiger partial charge on any atom is -0.261 e. The second-order valence-corrected chi connectivity index (χ2v) is 3.62. The number of hydrogen-bond acceptors (Lipinski definition) is 1. The molecular weight excluding hydrogens is 184 g/mol. The molecular formula is C11H15F2N. The van der Waals surface area contributed by atoms with Crippen molar-refractivity contribution in [2.45, 2.75) is 39.5 Å². The van der Waals surface area contributed by atoms with Crippen LogP contribution in [-0.4, -0.2) is 4.98 Å². The second-order valence-electron chi connectivity index (χ2n) is 3.62. The Hall–Kier alpha value is -0.990. The SMILES string of the molecule is CCc1cc(C(C)C)ncc1C(F)F. The van der Waals surface area contributed by atoms with Crippen LogP contribution in [0.5, 0.6) is 0 Å². The van der Waals surface area contributed by atoms with E-state index in [4.69, 9.17) is 0 Å². The molecule has 0 spiro atoms. The predicted octanol–water partition coefficient (Wildman–Crippen LogP) is 3.71. The molecule has 1 aromatic heterocycles. The van der Waals surface area contributed by atoms with Gasteiger partial charge in [0.1, 0.15) is 0 Å². The minimum absolute atomic E-state index is 0.0666. The number of halogens is 2. The van der Waals surface area contributed by atoms with Crippen molar-refractivity contribution in [1.29, 1.82) is 0 Å². The normalized spacial score (nSPS) is 11.4. The van der Waals surface area contributed by atoms with Gasteiger partial charge in [0.25, 0.3) is 6.43 Å². The highest BCUT2D eigenvalue weighted by atomic mass is 19.3. The Morgan fingerprint density at radius 1 is 1.36 bits per heavy atom. The van der Waals surface area contributed by atoms with Gasteiger partial charge in [0.05, 0.1) is 0 Å². The summed E-state index contributed by atoms with van der Waals surface area (Å²) in [6.07, 6.45) is -0.487. The number of hydrogen-bond donors (Lipinski definition) is 0. The quantitative estimate of drug-likeness (QED) is 0.723. The van der Waals surface area contributed by atoms with E-state index in [-0.39, 0.29) is 11.5 Å². The van der Waals surface area contributed by atoms with Crippen molar-refractivity contribution in [2.24, 2.45) is 0 Å². The molecule has 0 amide bonds. The van der Waals surface area contributed by atoms with Crippen LogP contribution < -0.4 is 0 Å². The highest BCUT2D eigenvalue weighted by Gasteiger charge is 2.13. The summed E-state index contributed by atoms with van der Waals surface area (Å²) in [5, 5.41) is 0. The second kappa shape index (κ2) is 4.49. The lowest BCUT2D eigenvalue weighted by Gasteiger charge is -2.10. The Labute approximate surface area is 83.2 Å². The van der Waals surface area contributed by atoms with Crippen LogP contribution in [0.2, 0.25) is 0 Å². The van der Waals surface area contributed by atoms with Crippen LogP contribution in [0.4, 0.5) is 8.78 Å². The third kappa shape index (κ3) is 2.28. The van der Waals surface area contributed by atoms with Crippen LogP contribution in [0.25, 0.3) is 0 Å². The van der Waals surface area contributed by atoms with E-state index in [2.05, 4.69) is 4.98 Å². The van der Waals surface area contributed by atoms with Gasteiger partial charge in [0, 0.05) is 17.5 Å². The van der Waals surface area contributed by atoms with Crippen molar-refractivity contribution in [3.8, 4) is 0 Å². The molecule has 0 radical (unpaired) electrons. The third-order valence-corrected chi connectivity index (χ3v) is 2.25. The van der Waals surface area contributed by atoms with Crippen LogP contribution in [0.15, 0.2) is 12.3 Å². The molecule has 78 valence electrons. The summed E-state index contributed by atoms with van der Waals surface area (Å²) in [4.78, 5) is 4.03. The fourth-order valence-electron chi connectivity index (χ4n) is 1.34. The van der Waals surface area contributed by atoms with Gasteiger partial charge in [0.15, 0.2) is 0 Å². The van der Waals surface area contributed by atoms with E-state index in [1.54, 1.807) is 6.07 Å². The largest absolute Gasteiger partial charge is 0.265 e. The maximum absolute atomic E-state index is 12.5. The van der Waals surface area contributed by atoms with Crippen LogP contribution in [0.3, 0.4) is 0 Å². The van der Waals surface area contributed by atoms with Crippen molar-refractivity contribution >= 4 is 0 Å². The lowest BCUT2D eigenvalue weighted by molar-refractivity contribution is 0.150. The summed E-state index contributed by atoms with van der Waals surface area (Å²) in [5.41, 5.74) is 1.65. The maximum atomic E-state index is 12.5. The number of rotatable bonds is 3. The molecule has 3 heteroatoms. The molecule has 1 heterocycles. The van der Waals surface area contributed by atoms with Crippen molar-refractivity contribution in [2.75, 3.05) is 0 Å². The molecule has 0 N–H and O–H groups in total. The van der Waals surface area contributed by atoms with Crippen LogP contribution in [0.1, 0.15) is 49.9 Å². The van der Waals surface area contributed by atoms with Gasteiger partial charge in [-0.2, -0.15) is 0 Å². The molecule has 0 aromatic carbocycles. The van der Waals surface area contributed by atoms with Gasteiger partial charge in [0.2, 0.25) is 0 Å². The monoisotopic (exact) mass is 199 g/mol. The van der Waals surface area contributed by atoms with Gasteiger partial charge in [-0.05, 0) is 24.0 Å². The lowest BCUT2D eigenvalue weighted by atomic mass is 10.0. The van der Waals surface area contributed by atoms with Gasteiger partial charge in [-0.3, -0.25) is 4.98 Å². The van der Waals surface area contributed by atoms with Gasteiger partial charge in [-0.25, -0.2) is 8.78 Å².